The predicted octanol–water partition coefficient (Wildman–Crippen LogP) is 1.71. The summed E-state index contributed by atoms with van der Waals surface area (Å²) >= 11 is 2.89. The molecule has 2 rings (SSSR count). The van der Waals surface area contributed by atoms with Crippen LogP contribution in [0.2, 0.25) is 0 Å². The fourth-order valence-electron chi connectivity index (χ4n) is 1.58. The highest BCUT2D eigenvalue weighted by molar-refractivity contribution is 7.89. The van der Waals surface area contributed by atoms with Crippen molar-refractivity contribution in [2.45, 2.75) is 24.9 Å². The molecule has 0 aliphatic heterocycles. The molecule has 0 bridgehead atoms. The maximum absolute atomic E-state index is 12.2. The smallest absolute Gasteiger partial charge is 0.242 e. The molecule has 0 fully saturated rings. The highest BCUT2D eigenvalue weighted by Gasteiger charge is 2.19. The van der Waals surface area contributed by atoms with Gasteiger partial charge in [-0.2, -0.15) is 0 Å². The van der Waals surface area contributed by atoms with Crippen molar-refractivity contribution in [1.82, 2.24) is 15.0 Å². The maximum atomic E-state index is 12.2. The molecule has 8 heteroatoms. The Labute approximate surface area is 120 Å². The maximum Gasteiger partial charge on any atom is 0.242 e. The van der Waals surface area contributed by atoms with E-state index < -0.39 is 10.0 Å². The van der Waals surface area contributed by atoms with Crippen LogP contribution in [0.1, 0.15) is 15.6 Å². The molecule has 2 aromatic rings. The fourth-order valence-corrected chi connectivity index (χ4v) is 4.82. The summed E-state index contributed by atoms with van der Waals surface area (Å²) in [6.07, 6.45) is 0. The second kappa shape index (κ2) is 6.10. The lowest BCUT2D eigenvalue weighted by Gasteiger charge is -2.06. The van der Waals surface area contributed by atoms with Crippen molar-refractivity contribution in [1.29, 1.82) is 0 Å². The van der Waals surface area contributed by atoms with Crippen LogP contribution in [0.4, 0.5) is 0 Å². The summed E-state index contributed by atoms with van der Waals surface area (Å²) < 4.78 is 27.0. The minimum absolute atomic E-state index is 0.232. The summed E-state index contributed by atoms with van der Waals surface area (Å²) in [6.45, 7) is 2.67. The van der Waals surface area contributed by atoms with Gasteiger partial charge < -0.3 is 5.32 Å². The number of hydrogen-bond donors (Lipinski definition) is 2. The predicted molar refractivity (Wildman–Crippen MR) is 78.0 cm³/mol. The molecule has 0 spiro atoms. The Bertz CT molecular complexity index is 646. The number of thiophene rings is 1. The number of sulfonamides is 1. The Balaban J connectivity index is 2.11. The van der Waals surface area contributed by atoms with Crippen LogP contribution in [0, 0.1) is 6.92 Å². The minimum atomic E-state index is -3.47. The normalized spacial score (nSPS) is 11.9. The fraction of sp³-hybridized carbons (Fsp3) is 0.364. The lowest BCUT2D eigenvalue weighted by Crippen LogP contribution is -2.24. The van der Waals surface area contributed by atoms with Gasteiger partial charge in [0.25, 0.3) is 0 Å². The zero-order chi connectivity index (χ0) is 13.9. The summed E-state index contributed by atoms with van der Waals surface area (Å²) in [4.78, 5) is 5.39. The molecule has 0 radical (unpaired) electrons. The molecule has 104 valence electrons. The van der Waals surface area contributed by atoms with E-state index >= 15 is 0 Å². The molecule has 0 atom stereocenters. The molecular formula is C11H15N3O2S3. The van der Waals surface area contributed by atoms with Gasteiger partial charge in [0.1, 0.15) is 5.01 Å². The van der Waals surface area contributed by atoms with E-state index in [0.29, 0.717) is 11.4 Å². The first kappa shape index (κ1) is 14.6. The quantitative estimate of drug-likeness (QED) is 0.851. The second-order valence-electron chi connectivity index (χ2n) is 3.95. The molecule has 0 saturated heterocycles. The average molecular weight is 317 g/mol. The minimum Gasteiger partial charge on any atom is -0.315 e. The summed E-state index contributed by atoms with van der Waals surface area (Å²) in [5.74, 6) is 0. The van der Waals surface area contributed by atoms with Crippen LogP contribution in [0.15, 0.2) is 21.7 Å². The number of rotatable bonds is 6. The molecule has 2 N–H and O–H groups in total. The van der Waals surface area contributed by atoms with Gasteiger partial charge in [-0.25, -0.2) is 18.1 Å². The van der Waals surface area contributed by atoms with Crippen molar-refractivity contribution >= 4 is 32.7 Å². The van der Waals surface area contributed by atoms with Gasteiger partial charge in [-0.15, -0.1) is 22.7 Å². The van der Waals surface area contributed by atoms with Gasteiger partial charge in [0.05, 0.1) is 11.4 Å². The molecular weight excluding hydrogens is 302 g/mol. The monoisotopic (exact) mass is 317 g/mol. The Kier molecular flexibility index (Phi) is 4.69. The van der Waals surface area contributed by atoms with E-state index in [2.05, 4.69) is 15.0 Å². The topological polar surface area (TPSA) is 71.1 Å². The van der Waals surface area contributed by atoms with Crippen LogP contribution in [0.3, 0.4) is 0 Å². The summed E-state index contributed by atoms with van der Waals surface area (Å²) in [6, 6.07) is 1.63. The second-order valence-corrected chi connectivity index (χ2v) is 7.62. The van der Waals surface area contributed by atoms with Gasteiger partial charge in [0.15, 0.2) is 0 Å². The molecule has 0 amide bonds. The first-order valence-electron chi connectivity index (χ1n) is 5.64. The molecule has 0 aromatic carbocycles. The van der Waals surface area contributed by atoms with Crippen molar-refractivity contribution in [3.05, 3.63) is 32.4 Å². The highest BCUT2D eigenvalue weighted by atomic mass is 32.2. The van der Waals surface area contributed by atoms with E-state index in [1.54, 1.807) is 18.5 Å². The third kappa shape index (κ3) is 3.61. The highest BCUT2D eigenvalue weighted by Crippen LogP contribution is 2.22. The van der Waals surface area contributed by atoms with E-state index in [-0.39, 0.29) is 6.54 Å². The van der Waals surface area contributed by atoms with E-state index in [1.807, 2.05) is 12.3 Å². The van der Waals surface area contributed by atoms with Gasteiger partial charge in [0.2, 0.25) is 10.0 Å². The van der Waals surface area contributed by atoms with Crippen molar-refractivity contribution < 1.29 is 8.42 Å². The summed E-state index contributed by atoms with van der Waals surface area (Å²) in [5, 5.41) is 7.43. The number of aryl methyl sites for hydroxylation is 1. The molecule has 2 aromatic heterocycles. The number of nitrogens with zero attached hydrogens (tertiary/aromatic N) is 1. The zero-order valence-electron chi connectivity index (χ0n) is 10.6. The number of aromatic nitrogens is 1. The van der Waals surface area contributed by atoms with Gasteiger partial charge >= 0.3 is 0 Å². The van der Waals surface area contributed by atoms with E-state index in [0.717, 1.165) is 15.6 Å². The molecule has 0 saturated carbocycles. The van der Waals surface area contributed by atoms with Crippen LogP contribution in [-0.2, 0) is 23.1 Å². The molecule has 19 heavy (non-hydrogen) atoms. The van der Waals surface area contributed by atoms with E-state index in [9.17, 15) is 8.42 Å². The van der Waals surface area contributed by atoms with E-state index in [4.69, 9.17) is 0 Å². The standard InChI is InChI=1S/C11H15N3O2S3/c1-8-7-18-11(14-8)6-13-19(15,16)10-3-4-17-9(10)5-12-2/h3-4,7,12-13H,5-6H2,1-2H3. The number of thiazole rings is 1. The molecule has 0 aliphatic carbocycles. The van der Waals surface area contributed by atoms with Gasteiger partial charge in [-0.1, -0.05) is 0 Å². The van der Waals surface area contributed by atoms with Crippen molar-refractivity contribution in [3.63, 3.8) is 0 Å². The van der Waals surface area contributed by atoms with Crippen LogP contribution in [0.25, 0.3) is 0 Å². The van der Waals surface area contributed by atoms with Crippen LogP contribution < -0.4 is 10.0 Å². The third-order valence-corrected chi connectivity index (χ3v) is 5.91. The number of nitrogens with one attached hydrogen (secondary N) is 2. The summed E-state index contributed by atoms with van der Waals surface area (Å²) in [5.41, 5.74) is 0.908. The molecule has 0 unspecified atom stereocenters. The van der Waals surface area contributed by atoms with Gasteiger partial charge in [-0.05, 0) is 25.4 Å². The van der Waals surface area contributed by atoms with Crippen molar-refractivity contribution in [2.24, 2.45) is 0 Å². The van der Waals surface area contributed by atoms with Gasteiger partial charge in [0, 0.05) is 22.5 Å². The Morgan fingerprint density at radius 1 is 1.32 bits per heavy atom. The van der Waals surface area contributed by atoms with Crippen LogP contribution in [0.5, 0.6) is 0 Å². The largest absolute Gasteiger partial charge is 0.315 e. The zero-order valence-corrected chi connectivity index (χ0v) is 13.1. The Hall–Kier alpha value is -0.800. The molecule has 0 aliphatic rings. The lowest BCUT2D eigenvalue weighted by atomic mass is 10.5. The molecule has 2 heterocycles. The third-order valence-electron chi connectivity index (χ3n) is 2.41. The van der Waals surface area contributed by atoms with Crippen molar-refractivity contribution in [2.75, 3.05) is 7.05 Å². The van der Waals surface area contributed by atoms with Crippen LogP contribution >= 0.6 is 22.7 Å². The first-order chi connectivity index (χ1) is 9.03. The average Bonchev–Trinajstić information content (AvgIpc) is 2.97. The Morgan fingerprint density at radius 3 is 2.74 bits per heavy atom. The molecule has 5 nitrogen and oxygen atoms in total. The lowest BCUT2D eigenvalue weighted by molar-refractivity contribution is 0.580. The van der Waals surface area contributed by atoms with Gasteiger partial charge in [-0.3, -0.25) is 0 Å². The van der Waals surface area contributed by atoms with Crippen LogP contribution in [-0.4, -0.2) is 20.4 Å². The summed E-state index contributed by atoms with van der Waals surface area (Å²) in [7, 11) is -1.68. The van der Waals surface area contributed by atoms with Crippen molar-refractivity contribution in [3.8, 4) is 0 Å². The SMILES string of the molecule is CNCc1sccc1S(=O)(=O)NCc1nc(C)cs1. The number of hydrogen-bond acceptors (Lipinski definition) is 6. The first-order valence-corrected chi connectivity index (χ1v) is 8.89. The van der Waals surface area contributed by atoms with E-state index in [1.165, 1.54) is 22.7 Å². The Morgan fingerprint density at radius 2 is 2.11 bits per heavy atom.